The van der Waals surface area contributed by atoms with Crippen LogP contribution in [0.5, 0.6) is 5.75 Å². The van der Waals surface area contributed by atoms with E-state index in [0.717, 1.165) is 11.3 Å². The first-order valence-electron chi connectivity index (χ1n) is 7.55. The summed E-state index contributed by atoms with van der Waals surface area (Å²) >= 11 is 0. The van der Waals surface area contributed by atoms with Gasteiger partial charge in [0.15, 0.2) is 0 Å². The van der Waals surface area contributed by atoms with Crippen molar-refractivity contribution < 1.29 is 14.3 Å². The zero-order valence-electron chi connectivity index (χ0n) is 13.8. The molecule has 0 fully saturated rings. The Hall–Kier alpha value is -1.55. The summed E-state index contributed by atoms with van der Waals surface area (Å²) in [6.07, 6.45) is 0.562. The average molecular weight is 293 g/mol. The van der Waals surface area contributed by atoms with E-state index in [1.165, 1.54) is 5.56 Å². The van der Waals surface area contributed by atoms with Crippen molar-refractivity contribution >= 4 is 5.97 Å². The molecule has 0 spiro atoms. The lowest BCUT2D eigenvalue weighted by Crippen LogP contribution is -2.51. The summed E-state index contributed by atoms with van der Waals surface area (Å²) in [4.78, 5) is 12.1. The van der Waals surface area contributed by atoms with Crippen LogP contribution < -0.4 is 10.1 Å². The van der Waals surface area contributed by atoms with Crippen molar-refractivity contribution in [3.63, 3.8) is 0 Å². The van der Waals surface area contributed by atoms with Gasteiger partial charge in [-0.15, -0.1) is 0 Å². The quantitative estimate of drug-likeness (QED) is 0.749. The Kier molecular flexibility index (Phi) is 6.69. The second-order valence-corrected chi connectivity index (χ2v) is 5.45. The summed E-state index contributed by atoms with van der Waals surface area (Å²) in [5.41, 5.74) is 1.61. The smallest absolute Gasteiger partial charge is 0.326 e. The van der Waals surface area contributed by atoms with Crippen LogP contribution in [0.15, 0.2) is 18.2 Å². The van der Waals surface area contributed by atoms with Crippen molar-refractivity contribution in [1.29, 1.82) is 0 Å². The maximum atomic E-state index is 12.1. The molecule has 0 radical (unpaired) electrons. The lowest BCUT2D eigenvalue weighted by Gasteiger charge is -2.28. The van der Waals surface area contributed by atoms with Gasteiger partial charge < -0.3 is 14.8 Å². The molecule has 0 aliphatic rings. The fourth-order valence-corrected chi connectivity index (χ4v) is 2.27. The summed E-state index contributed by atoms with van der Waals surface area (Å²) in [5.74, 6) is 0.638. The number of aryl methyl sites for hydroxylation is 2. The maximum absolute atomic E-state index is 12.1. The molecule has 1 N–H and O–H groups in total. The number of likely N-dealkylation sites (N-methyl/N-ethyl adjacent to an activating group) is 1. The number of esters is 1. The molecule has 0 saturated heterocycles. The Morgan fingerprint density at radius 3 is 2.57 bits per heavy atom. The Morgan fingerprint density at radius 2 is 2.00 bits per heavy atom. The molecule has 1 rings (SSSR count). The highest BCUT2D eigenvalue weighted by Gasteiger charge is 2.33. The van der Waals surface area contributed by atoms with Gasteiger partial charge >= 0.3 is 5.97 Å². The fraction of sp³-hybridized carbons (Fsp3) is 0.588. The first-order chi connectivity index (χ1) is 9.92. The third-order valence-corrected chi connectivity index (χ3v) is 3.48. The second kappa shape index (κ2) is 8.03. The Balaban J connectivity index is 2.63. The number of hydrogen-bond donors (Lipinski definition) is 1. The molecule has 0 heterocycles. The summed E-state index contributed by atoms with van der Waals surface area (Å²) in [6.45, 7) is 11.3. The maximum Gasteiger partial charge on any atom is 0.326 e. The molecule has 0 aromatic heterocycles. The van der Waals surface area contributed by atoms with Gasteiger partial charge in [-0.25, -0.2) is 0 Å². The number of nitrogens with one attached hydrogen (secondary N) is 1. The number of carbonyl (C=O) groups excluding carboxylic acids is 1. The van der Waals surface area contributed by atoms with Gasteiger partial charge in [-0.1, -0.05) is 24.6 Å². The molecular weight excluding hydrogens is 266 g/mol. The first kappa shape index (κ1) is 17.5. The van der Waals surface area contributed by atoms with Crippen LogP contribution in [0.2, 0.25) is 0 Å². The van der Waals surface area contributed by atoms with Crippen molar-refractivity contribution in [1.82, 2.24) is 5.32 Å². The monoisotopic (exact) mass is 293 g/mol. The van der Waals surface area contributed by atoms with Crippen LogP contribution in [0.25, 0.3) is 0 Å². The Labute approximate surface area is 127 Å². The molecule has 1 aromatic carbocycles. The van der Waals surface area contributed by atoms with Crippen molar-refractivity contribution in [3.05, 3.63) is 29.3 Å². The molecule has 0 saturated carbocycles. The van der Waals surface area contributed by atoms with Crippen LogP contribution in [0.4, 0.5) is 0 Å². The van der Waals surface area contributed by atoms with Gasteiger partial charge in [0.05, 0.1) is 13.2 Å². The fourth-order valence-electron chi connectivity index (χ4n) is 2.27. The van der Waals surface area contributed by atoms with Crippen LogP contribution in [0, 0.1) is 13.8 Å². The van der Waals surface area contributed by atoms with Crippen LogP contribution in [0.3, 0.4) is 0 Å². The van der Waals surface area contributed by atoms with Crippen molar-refractivity contribution in [2.24, 2.45) is 0 Å². The molecule has 4 heteroatoms. The van der Waals surface area contributed by atoms with Crippen molar-refractivity contribution in [2.75, 3.05) is 19.8 Å². The second-order valence-electron chi connectivity index (χ2n) is 5.45. The largest absolute Gasteiger partial charge is 0.493 e. The van der Waals surface area contributed by atoms with Crippen LogP contribution in [-0.4, -0.2) is 31.3 Å². The van der Waals surface area contributed by atoms with E-state index in [0.29, 0.717) is 26.2 Å². The van der Waals surface area contributed by atoms with E-state index in [4.69, 9.17) is 9.47 Å². The third kappa shape index (κ3) is 5.05. The summed E-state index contributed by atoms with van der Waals surface area (Å²) in [7, 11) is 0. The predicted octanol–water partition coefficient (Wildman–Crippen LogP) is 3.00. The number of ether oxygens (including phenoxy) is 2. The van der Waals surface area contributed by atoms with Crippen LogP contribution in [0.1, 0.15) is 38.3 Å². The topological polar surface area (TPSA) is 47.6 Å². The number of hydrogen-bond acceptors (Lipinski definition) is 4. The normalized spacial score (nSPS) is 13.6. The summed E-state index contributed by atoms with van der Waals surface area (Å²) in [5, 5.41) is 3.20. The molecule has 1 atom stereocenters. The van der Waals surface area contributed by atoms with E-state index >= 15 is 0 Å². The number of rotatable bonds is 8. The highest BCUT2D eigenvalue weighted by molar-refractivity contribution is 5.80. The Morgan fingerprint density at radius 1 is 1.29 bits per heavy atom. The highest BCUT2D eigenvalue weighted by Crippen LogP contribution is 2.20. The van der Waals surface area contributed by atoms with E-state index in [-0.39, 0.29) is 5.97 Å². The molecule has 1 unspecified atom stereocenters. The van der Waals surface area contributed by atoms with E-state index in [9.17, 15) is 4.79 Å². The Bertz CT molecular complexity index is 473. The molecule has 0 aliphatic heterocycles. The lowest BCUT2D eigenvalue weighted by atomic mass is 9.98. The van der Waals surface area contributed by atoms with E-state index < -0.39 is 5.54 Å². The minimum Gasteiger partial charge on any atom is -0.493 e. The first-order valence-corrected chi connectivity index (χ1v) is 7.55. The van der Waals surface area contributed by atoms with Gasteiger partial charge in [-0.2, -0.15) is 0 Å². The molecule has 0 aliphatic carbocycles. The number of carbonyl (C=O) groups is 1. The minimum atomic E-state index is -0.705. The standard InChI is InChI=1S/C17H27NO3/c1-6-18-17(5,16(19)20-7-2)10-11-21-15-9-8-13(3)12-14(15)4/h8-9,12,18H,6-7,10-11H2,1-5H3. The van der Waals surface area contributed by atoms with E-state index in [2.05, 4.69) is 18.3 Å². The van der Waals surface area contributed by atoms with Crippen LogP contribution >= 0.6 is 0 Å². The molecule has 0 bridgehead atoms. The number of benzene rings is 1. The van der Waals surface area contributed by atoms with Crippen LogP contribution in [-0.2, 0) is 9.53 Å². The zero-order valence-corrected chi connectivity index (χ0v) is 13.8. The van der Waals surface area contributed by atoms with Gasteiger partial charge in [0.2, 0.25) is 0 Å². The lowest BCUT2D eigenvalue weighted by molar-refractivity contribution is -0.151. The summed E-state index contributed by atoms with van der Waals surface area (Å²) < 4.78 is 11.0. The van der Waals surface area contributed by atoms with Crippen molar-refractivity contribution in [2.45, 2.75) is 46.6 Å². The zero-order chi connectivity index (χ0) is 15.9. The average Bonchev–Trinajstić information content (AvgIpc) is 2.42. The van der Waals surface area contributed by atoms with E-state index in [1.807, 2.05) is 39.8 Å². The highest BCUT2D eigenvalue weighted by atomic mass is 16.5. The van der Waals surface area contributed by atoms with Gasteiger partial charge in [0.1, 0.15) is 11.3 Å². The molecular formula is C17H27NO3. The van der Waals surface area contributed by atoms with Gasteiger partial charge in [-0.3, -0.25) is 4.79 Å². The SMILES string of the molecule is CCNC(C)(CCOc1ccc(C)cc1C)C(=O)OCC. The molecule has 1 aromatic rings. The third-order valence-electron chi connectivity index (χ3n) is 3.48. The molecule has 118 valence electrons. The van der Waals surface area contributed by atoms with Crippen molar-refractivity contribution in [3.8, 4) is 5.75 Å². The molecule has 21 heavy (non-hydrogen) atoms. The minimum absolute atomic E-state index is 0.226. The van der Waals surface area contributed by atoms with Gasteiger partial charge in [-0.05, 0) is 45.9 Å². The predicted molar refractivity (Wildman–Crippen MR) is 84.7 cm³/mol. The van der Waals surface area contributed by atoms with E-state index in [1.54, 1.807) is 0 Å². The summed E-state index contributed by atoms with van der Waals surface area (Å²) in [6, 6.07) is 6.08. The molecule has 4 nitrogen and oxygen atoms in total. The van der Waals surface area contributed by atoms with Gasteiger partial charge in [0, 0.05) is 6.42 Å². The molecule has 0 amide bonds. The van der Waals surface area contributed by atoms with Gasteiger partial charge in [0.25, 0.3) is 0 Å².